The molecule has 2 unspecified atom stereocenters. The van der Waals surface area contributed by atoms with E-state index in [2.05, 4.69) is 34.6 Å². The van der Waals surface area contributed by atoms with Crippen molar-refractivity contribution in [3.63, 3.8) is 0 Å². The number of hydrogen-bond acceptors (Lipinski definition) is 3. The molecule has 0 rings (SSSR count). The first-order chi connectivity index (χ1) is 7.45. The van der Waals surface area contributed by atoms with Crippen molar-refractivity contribution < 1.29 is 4.79 Å². The number of rotatable bonds is 5. The summed E-state index contributed by atoms with van der Waals surface area (Å²) < 4.78 is 0.293. The second-order valence-electron chi connectivity index (χ2n) is 6.86. The lowest BCUT2D eigenvalue weighted by molar-refractivity contribution is -0.131. The van der Waals surface area contributed by atoms with Gasteiger partial charge in [-0.2, -0.15) is 0 Å². The Labute approximate surface area is 115 Å². The van der Waals surface area contributed by atoms with Crippen LogP contribution in [0.1, 0.15) is 55.4 Å². The van der Waals surface area contributed by atoms with Crippen molar-refractivity contribution in [1.29, 1.82) is 0 Å². The molecule has 0 aromatic carbocycles. The van der Waals surface area contributed by atoms with Crippen LogP contribution in [0.4, 0.5) is 0 Å². The molecule has 0 aromatic heterocycles. The van der Waals surface area contributed by atoms with E-state index in [0.29, 0.717) is 16.4 Å². The van der Waals surface area contributed by atoms with Crippen LogP contribution in [0.3, 0.4) is 0 Å². The van der Waals surface area contributed by atoms with Crippen LogP contribution in [0.15, 0.2) is 0 Å². The lowest BCUT2D eigenvalue weighted by atomic mass is 9.79. The third-order valence-electron chi connectivity index (χ3n) is 2.65. The fourth-order valence-electron chi connectivity index (χ4n) is 1.40. The Balaban J connectivity index is 4.16. The van der Waals surface area contributed by atoms with E-state index in [1.165, 1.54) is 0 Å². The lowest BCUT2D eigenvalue weighted by Crippen LogP contribution is -2.31. The molecule has 17 heavy (non-hydrogen) atoms. The summed E-state index contributed by atoms with van der Waals surface area (Å²) in [4.78, 5) is 12.2. The summed E-state index contributed by atoms with van der Waals surface area (Å²) in [6.07, 6.45) is 0. The van der Waals surface area contributed by atoms with Gasteiger partial charge in [-0.15, -0.1) is 0 Å². The van der Waals surface area contributed by atoms with Crippen LogP contribution in [0.5, 0.6) is 0 Å². The van der Waals surface area contributed by atoms with Crippen molar-refractivity contribution in [1.82, 2.24) is 0 Å². The largest absolute Gasteiger partial charge is 0.299 e. The van der Waals surface area contributed by atoms with Crippen molar-refractivity contribution >= 4 is 27.4 Å². The van der Waals surface area contributed by atoms with Crippen LogP contribution >= 0.6 is 21.6 Å². The molecule has 0 aliphatic rings. The molecule has 0 aliphatic carbocycles. The van der Waals surface area contributed by atoms with E-state index in [1.54, 1.807) is 0 Å². The summed E-state index contributed by atoms with van der Waals surface area (Å²) in [6.45, 7) is 16.9. The Hall–Kier alpha value is 0.370. The zero-order chi connectivity index (χ0) is 13.9. The van der Waals surface area contributed by atoms with E-state index < -0.39 is 0 Å². The van der Waals surface area contributed by atoms with Gasteiger partial charge >= 0.3 is 0 Å². The van der Waals surface area contributed by atoms with Crippen LogP contribution in [0.2, 0.25) is 0 Å². The van der Waals surface area contributed by atoms with Gasteiger partial charge in [0.2, 0.25) is 0 Å². The molecule has 0 saturated carbocycles. The summed E-state index contributed by atoms with van der Waals surface area (Å²) in [5.74, 6) is 2.03. The maximum Gasteiger partial charge on any atom is 0.141 e. The highest BCUT2D eigenvalue weighted by molar-refractivity contribution is 8.77. The molecule has 0 bridgehead atoms. The Morgan fingerprint density at radius 3 is 1.88 bits per heavy atom. The third-order valence-corrected chi connectivity index (χ3v) is 6.19. The molecule has 0 radical (unpaired) electrons. The molecule has 1 nitrogen and oxygen atoms in total. The topological polar surface area (TPSA) is 17.1 Å². The summed E-state index contributed by atoms with van der Waals surface area (Å²) in [5.41, 5.74) is -0.213. The van der Waals surface area contributed by atoms with Gasteiger partial charge in [0.1, 0.15) is 5.78 Å². The number of ketones is 1. The van der Waals surface area contributed by atoms with Gasteiger partial charge in [-0.1, -0.05) is 77.0 Å². The molecular weight excluding hydrogens is 248 g/mol. The van der Waals surface area contributed by atoms with Crippen LogP contribution in [-0.2, 0) is 4.79 Å². The van der Waals surface area contributed by atoms with Crippen molar-refractivity contribution in [3.8, 4) is 0 Å². The van der Waals surface area contributed by atoms with Crippen molar-refractivity contribution in [2.24, 2.45) is 17.3 Å². The molecule has 0 spiro atoms. The summed E-state index contributed by atoms with van der Waals surface area (Å²) in [7, 11) is 3.79. The van der Waals surface area contributed by atoms with Crippen LogP contribution in [0, 0.1) is 17.3 Å². The zero-order valence-electron chi connectivity index (χ0n) is 12.6. The number of hydrogen-bond donors (Lipinski definition) is 0. The molecule has 0 N–H and O–H groups in total. The molecule has 0 heterocycles. The van der Waals surface area contributed by atoms with Gasteiger partial charge < -0.3 is 0 Å². The Morgan fingerprint density at radius 1 is 1.06 bits per heavy atom. The third kappa shape index (κ3) is 7.40. The van der Waals surface area contributed by atoms with Gasteiger partial charge in [-0.25, -0.2) is 0 Å². The fraction of sp³-hybridized carbons (Fsp3) is 0.929. The molecule has 0 saturated heterocycles. The van der Waals surface area contributed by atoms with Crippen molar-refractivity contribution in [2.75, 3.05) is 5.75 Å². The van der Waals surface area contributed by atoms with Gasteiger partial charge in [0, 0.05) is 21.8 Å². The predicted octanol–water partition coefficient (Wildman–Crippen LogP) is 5.05. The zero-order valence-corrected chi connectivity index (χ0v) is 14.2. The quantitative estimate of drug-likeness (QED) is 0.654. The lowest BCUT2D eigenvalue weighted by Gasteiger charge is -2.26. The second-order valence-corrected chi connectivity index (χ2v) is 10.0. The summed E-state index contributed by atoms with van der Waals surface area (Å²) in [6, 6.07) is 0. The molecule has 0 aliphatic heterocycles. The van der Waals surface area contributed by atoms with E-state index in [-0.39, 0.29) is 11.3 Å². The maximum atomic E-state index is 12.2. The smallest absolute Gasteiger partial charge is 0.141 e. The summed E-state index contributed by atoms with van der Waals surface area (Å²) in [5, 5.41) is 0. The van der Waals surface area contributed by atoms with E-state index in [1.807, 2.05) is 42.4 Å². The average Bonchev–Trinajstić information content (AvgIpc) is 2.11. The summed E-state index contributed by atoms with van der Waals surface area (Å²) >= 11 is 0. The first kappa shape index (κ1) is 17.4. The second kappa shape index (κ2) is 6.51. The van der Waals surface area contributed by atoms with Gasteiger partial charge in [0.15, 0.2) is 0 Å². The van der Waals surface area contributed by atoms with Gasteiger partial charge in [0.05, 0.1) is 0 Å². The van der Waals surface area contributed by atoms with E-state index in [0.717, 1.165) is 5.75 Å². The molecule has 0 fully saturated rings. The van der Waals surface area contributed by atoms with Gasteiger partial charge in [-0.3, -0.25) is 4.79 Å². The number of Topliss-reactive ketones (excluding diaryl/α,β-unsaturated/α-hetero) is 1. The minimum atomic E-state index is -0.213. The maximum absolute atomic E-state index is 12.2. The highest BCUT2D eigenvalue weighted by atomic mass is 33.1. The molecule has 3 heteroatoms. The van der Waals surface area contributed by atoms with E-state index in [9.17, 15) is 4.79 Å². The van der Waals surface area contributed by atoms with Crippen molar-refractivity contribution in [2.45, 2.75) is 60.1 Å². The van der Waals surface area contributed by atoms with Gasteiger partial charge in [-0.05, 0) is 5.92 Å². The van der Waals surface area contributed by atoms with Crippen molar-refractivity contribution in [3.05, 3.63) is 0 Å². The average molecular weight is 277 g/mol. The molecule has 0 amide bonds. The highest BCUT2D eigenvalue weighted by Crippen LogP contribution is 2.37. The Kier molecular flexibility index (Phi) is 6.65. The van der Waals surface area contributed by atoms with Crippen LogP contribution in [0.25, 0.3) is 0 Å². The normalized spacial score (nSPS) is 16.7. The van der Waals surface area contributed by atoms with Gasteiger partial charge in [0.25, 0.3) is 0 Å². The SMILES string of the molecule is CC(CSSC(C)(C)C)C(C)C(=O)C(C)(C)C. The fourth-order valence-corrected chi connectivity index (χ4v) is 4.24. The number of carbonyl (C=O) groups excluding carboxylic acids is 1. The van der Waals surface area contributed by atoms with E-state index >= 15 is 0 Å². The van der Waals surface area contributed by atoms with E-state index in [4.69, 9.17) is 0 Å². The first-order valence-corrected chi connectivity index (χ1v) is 8.62. The minimum Gasteiger partial charge on any atom is -0.299 e. The standard InChI is InChI=1S/C14H28OS2/c1-10(9-16-17-14(6,7)8)11(2)12(15)13(3,4)5/h10-11H,9H2,1-8H3. The Morgan fingerprint density at radius 2 is 1.53 bits per heavy atom. The van der Waals surface area contributed by atoms with Crippen LogP contribution < -0.4 is 0 Å². The molecule has 2 atom stereocenters. The predicted molar refractivity (Wildman–Crippen MR) is 82.6 cm³/mol. The highest BCUT2D eigenvalue weighted by Gasteiger charge is 2.30. The minimum absolute atomic E-state index is 0.156. The molecule has 102 valence electrons. The molecular formula is C14H28OS2. The number of carbonyl (C=O) groups is 1. The first-order valence-electron chi connectivity index (χ1n) is 6.30. The van der Waals surface area contributed by atoms with Crippen LogP contribution in [-0.4, -0.2) is 16.3 Å². The molecule has 0 aromatic rings. The monoisotopic (exact) mass is 276 g/mol. The Bertz CT molecular complexity index is 248.